The number of aryl methyl sites for hydroxylation is 1. The van der Waals surface area contributed by atoms with E-state index in [0.29, 0.717) is 26.3 Å². The molecule has 1 atom stereocenters. The molecule has 4 nitrogen and oxygen atoms in total. The summed E-state index contributed by atoms with van der Waals surface area (Å²) in [4.78, 5) is 0. The van der Waals surface area contributed by atoms with Crippen molar-refractivity contribution in [2.24, 2.45) is 0 Å². The van der Waals surface area contributed by atoms with Crippen LogP contribution in [0.3, 0.4) is 0 Å². The summed E-state index contributed by atoms with van der Waals surface area (Å²) >= 11 is 0. The van der Waals surface area contributed by atoms with Crippen LogP contribution >= 0.6 is 0 Å². The zero-order valence-corrected chi connectivity index (χ0v) is 14.7. The lowest BCUT2D eigenvalue weighted by molar-refractivity contribution is 0.191. The lowest BCUT2D eigenvalue weighted by atomic mass is 10.1. The van der Waals surface area contributed by atoms with E-state index in [2.05, 4.69) is 36.5 Å². The first-order chi connectivity index (χ1) is 11.6. The highest BCUT2D eigenvalue weighted by atomic mass is 16.5. The van der Waals surface area contributed by atoms with E-state index >= 15 is 0 Å². The molecule has 0 aliphatic rings. The minimum atomic E-state index is -0.353. The predicted molar refractivity (Wildman–Crippen MR) is 96.5 cm³/mol. The van der Waals surface area contributed by atoms with Crippen LogP contribution in [0.15, 0.2) is 42.5 Å². The molecule has 0 saturated heterocycles. The Morgan fingerprint density at radius 2 is 1.71 bits per heavy atom. The van der Waals surface area contributed by atoms with E-state index in [1.54, 1.807) is 6.92 Å². The second-order valence-electron chi connectivity index (χ2n) is 5.97. The number of hydrogen-bond acceptors (Lipinski definition) is 4. The number of aliphatic hydroxyl groups is 1. The van der Waals surface area contributed by atoms with Crippen LogP contribution in [0.1, 0.15) is 30.5 Å². The third kappa shape index (κ3) is 5.87. The Labute approximate surface area is 144 Å². The molecule has 0 aromatic heterocycles. The lowest BCUT2D eigenvalue weighted by Crippen LogP contribution is -2.23. The van der Waals surface area contributed by atoms with Crippen LogP contribution in [-0.2, 0) is 13.2 Å². The minimum Gasteiger partial charge on any atom is -0.490 e. The molecule has 2 N–H and O–H groups in total. The maximum absolute atomic E-state index is 9.30. The summed E-state index contributed by atoms with van der Waals surface area (Å²) in [6.07, 6.45) is -0.353. The minimum absolute atomic E-state index is 0.353. The molecule has 130 valence electrons. The van der Waals surface area contributed by atoms with Gasteiger partial charge in [0.15, 0.2) is 11.5 Å². The van der Waals surface area contributed by atoms with Gasteiger partial charge in [-0.25, -0.2) is 0 Å². The van der Waals surface area contributed by atoms with Gasteiger partial charge in [-0.1, -0.05) is 35.9 Å². The van der Waals surface area contributed by atoms with E-state index in [1.807, 2.05) is 25.1 Å². The average Bonchev–Trinajstić information content (AvgIpc) is 2.55. The molecule has 4 heteroatoms. The van der Waals surface area contributed by atoms with E-state index in [4.69, 9.17) is 9.47 Å². The van der Waals surface area contributed by atoms with Gasteiger partial charge in [0.2, 0.25) is 0 Å². The second kappa shape index (κ2) is 9.30. The first-order valence-corrected chi connectivity index (χ1v) is 8.41. The summed E-state index contributed by atoms with van der Waals surface area (Å²) in [5, 5.41) is 12.5. The maximum Gasteiger partial charge on any atom is 0.161 e. The number of aliphatic hydroxyl groups excluding tert-OH is 1. The molecule has 2 aromatic rings. The van der Waals surface area contributed by atoms with Gasteiger partial charge in [0.05, 0.1) is 12.7 Å². The number of rotatable bonds is 9. The second-order valence-corrected chi connectivity index (χ2v) is 5.97. The van der Waals surface area contributed by atoms with Gasteiger partial charge in [-0.2, -0.15) is 0 Å². The summed E-state index contributed by atoms with van der Waals surface area (Å²) in [6, 6.07) is 14.3. The quantitative estimate of drug-likeness (QED) is 0.740. The first-order valence-electron chi connectivity index (χ1n) is 8.41. The Bertz CT molecular complexity index is 623. The predicted octanol–water partition coefficient (Wildman–Crippen LogP) is 3.44. The van der Waals surface area contributed by atoms with Crippen molar-refractivity contribution in [3.63, 3.8) is 0 Å². The summed E-state index contributed by atoms with van der Waals surface area (Å²) < 4.78 is 11.6. The van der Waals surface area contributed by atoms with E-state index in [1.165, 1.54) is 5.56 Å². The maximum atomic E-state index is 9.30. The molecule has 0 bridgehead atoms. The van der Waals surface area contributed by atoms with Gasteiger partial charge in [0, 0.05) is 13.1 Å². The van der Waals surface area contributed by atoms with Crippen molar-refractivity contribution in [3.8, 4) is 11.5 Å². The summed E-state index contributed by atoms with van der Waals surface area (Å²) in [7, 11) is 0. The Morgan fingerprint density at radius 1 is 1.00 bits per heavy atom. The van der Waals surface area contributed by atoms with Crippen molar-refractivity contribution >= 4 is 0 Å². The van der Waals surface area contributed by atoms with Crippen LogP contribution in [0, 0.1) is 6.92 Å². The molecule has 2 aromatic carbocycles. The Morgan fingerprint density at radius 3 is 2.38 bits per heavy atom. The van der Waals surface area contributed by atoms with E-state index in [9.17, 15) is 5.11 Å². The van der Waals surface area contributed by atoms with Crippen molar-refractivity contribution in [2.75, 3.05) is 13.2 Å². The molecule has 0 saturated carbocycles. The molecular weight excluding hydrogens is 302 g/mol. The van der Waals surface area contributed by atoms with Crippen molar-refractivity contribution < 1.29 is 14.6 Å². The first kappa shape index (κ1) is 18.3. The van der Waals surface area contributed by atoms with Crippen LogP contribution in [-0.4, -0.2) is 24.4 Å². The van der Waals surface area contributed by atoms with Crippen LogP contribution < -0.4 is 14.8 Å². The van der Waals surface area contributed by atoms with Crippen molar-refractivity contribution in [1.82, 2.24) is 5.32 Å². The third-order valence-corrected chi connectivity index (χ3v) is 3.59. The highest BCUT2D eigenvalue weighted by Gasteiger charge is 2.07. The topological polar surface area (TPSA) is 50.7 Å². The number of nitrogens with one attached hydrogen (secondary N) is 1. The van der Waals surface area contributed by atoms with Gasteiger partial charge in [0.1, 0.15) is 6.61 Å². The molecule has 0 radical (unpaired) electrons. The van der Waals surface area contributed by atoms with Gasteiger partial charge < -0.3 is 19.9 Å². The average molecular weight is 329 g/mol. The molecule has 0 spiro atoms. The molecule has 0 heterocycles. The SMILES string of the molecule is CCOc1cc(CNC[C@@H](C)O)ccc1OCc1ccc(C)cc1. The van der Waals surface area contributed by atoms with Gasteiger partial charge in [-0.05, 0) is 44.0 Å². The van der Waals surface area contributed by atoms with Crippen molar-refractivity contribution in [3.05, 3.63) is 59.2 Å². The zero-order chi connectivity index (χ0) is 17.4. The smallest absolute Gasteiger partial charge is 0.161 e. The Balaban J connectivity index is 2.01. The van der Waals surface area contributed by atoms with Crippen LogP contribution in [0.25, 0.3) is 0 Å². The van der Waals surface area contributed by atoms with Crippen molar-refractivity contribution in [2.45, 2.75) is 40.0 Å². The monoisotopic (exact) mass is 329 g/mol. The molecule has 24 heavy (non-hydrogen) atoms. The number of hydrogen-bond donors (Lipinski definition) is 2. The highest BCUT2D eigenvalue weighted by molar-refractivity contribution is 5.43. The molecular formula is C20H27NO3. The third-order valence-electron chi connectivity index (χ3n) is 3.59. The van der Waals surface area contributed by atoms with Crippen LogP contribution in [0.4, 0.5) is 0 Å². The van der Waals surface area contributed by atoms with Gasteiger partial charge in [0.25, 0.3) is 0 Å². The molecule has 2 rings (SSSR count). The Kier molecular flexibility index (Phi) is 7.09. The van der Waals surface area contributed by atoms with Gasteiger partial charge in [-0.3, -0.25) is 0 Å². The fourth-order valence-electron chi connectivity index (χ4n) is 2.32. The summed E-state index contributed by atoms with van der Waals surface area (Å²) in [6.45, 7) is 8.15. The van der Waals surface area contributed by atoms with Gasteiger partial charge in [-0.15, -0.1) is 0 Å². The van der Waals surface area contributed by atoms with Crippen LogP contribution in [0.5, 0.6) is 11.5 Å². The van der Waals surface area contributed by atoms with E-state index in [0.717, 1.165) is 22.6 Å². The largest absolute Gasteiger partial charge is 0.490 e. The summed E-state index contributed by atoms with van der Waals surface area (Å²) in [5.41, 5.74) is 3.47. The fraction of sp³-hybridized carbons (Fsp3) is 0.400. The molecule has 0 aliphatic heterocycles. The van der Waals surface area contributed by atoms with Crippen LogP contribution in [0.2, 0.25) is 0 Å². The van der Waals surface area contributed by atoms with E-state index in [-0.39, 0.29) is 6.10 Å². The number of ether oxygens (including phenoxy) is 2. The standard InChI is InChI=1S/C20H27NO3/c1-4-23-20-11-18(13-21-12-16(3)22)9-10-19(20)24-14-17-7-5-15(2)6-8-17/h5-11,16,21-22H,4,12-14H2,1-3H3/t16-/m1/s1. The molecule has 0 amide bonds. The summed E-state index contributed by atoms with van der Waals surface area (Å²) in [5.74, 6) is 1.50. The lowest BCUT2D eigenvalue weighted by Gasteiger charge is -2.14. The zero-order valence-electron chi connectivity index (χ0n) is 14.7. The molecule has 0 aliphatic carbocycles. The van der Waals surface area contributed by atoms with Crippen molar-refractivity contribution in [1.29, 1.82) is 0 Å². The van der Waals surface area contributed by atoms with E-state index < -0.39 is 0 Å². The molecule has 0 fully saturated rings. The molecule has 0 unspecified atom stereocenters. The fourth-order valence-corrected chi connectivity index (χ4v) is 2.32. The number of benzene rings is 2. The highest BCUT2D eigenvalue weighted by Crippen LogP contribution is 2.29. The normalized spacial score (nSPS) is 12.0. The Hall–Kier alpha value is -2.04. The van der Waals surface area contributed by atoms with Gasteiger partial charge >= 0.3 is 0 Å².